The number of nitrogens with one attached hydrogen (secondary N) is 3. The molecule has 0 spiro atoms. The SMILES string of the molecule is Cc1cc(F)c2cc(C(=O)N3C[C@@H]4CC(F)(F)C[C@@H]4[C@@H]3C(=O)N[C@@H](C#N)C[C@@H]3CCCNC3=O)[nH]c2c1Cl. The van der Waals surface area contributed by atoms with E-state index in [4.69, 9.17) is 11.6 Å². The molecule has 1 aliphatic carbocycles. The molecule has 5 rings (SSSR count). The number of nitriles is 1. The fourth-order valence-electron chi connectivity index (χ4n) is 6.20. The van der Waals surface area contributed by atoms with E-state index in [1.807, 2.05) is 6.07 Å². The Labute approximate surface area is 221 Å². The highest BCUT2D eigenvalue weighted by Crippen LogP contribution is 2.50. The average Bonchev–Trinajstić information content (AvgIpc) is 3.53. The van der Waals surface area contributed by atoms with Gasteiger partial charge in [-0.2, -0.15) is 5.26 Å². The Morgan fingerprint density at radius 3 is 2.82 bits per heavy atom. The number of carbonyl (C=O) groups excluding carboxylic acids is 3. The molecule has 202 valence electrons. The van der Waals surface area contributed by atoms with Crippen LogP contribution in [0.1, 0.15) is 48.2 Å². The van der Waals surface area contributed by atoms with Crippen molar-refractivity contribution in [1.29, 1.82) is 5.26 Å². The van der Waals surface area contributed by atoms with Gasteiger partial charge in [-0.05, 0) is 55.7 Å². The van der Waals surface area contributed by atoms with E-state index in [0.29, 0.717) is 18.5 Å². The molecule has 1 aromatic carbocycles. The van der Waals surface area contributed by atoms with Gasteiger partial charge < -0.3 is 20.5 Å². The van der Waals surface area contributed by atoms with E-state index < -0.39 is 66.2 Å². The first kappa shape index (κ1) is 26.4. The Morgan fingerprint density at radius 2 is 2.11 bits per heavy atom. The number of aromatic nitrogens is 1. The second-order valence-corrected chi connectivity index (χ2v) is 11.0. The van der Waals surface area contributed by atoms with Crippen LogP contribution in [-0.4, -0.2) is 58.7 Å². The Hall–Kier alpha value is -3.26. The van der Waals surface area contributed by atoms with E-state index in [1.165, 1.54) is 17.0 Å². The average molecular weight is 550 g/mol. The van der Waals surface area contributed by atoms with Gasteiger partial charge in [-0.25, -0.2) is 13.2 Å². The van der Waals surface area contributed by atoms with Gasteiger partial charge in [0, 0.05) is 37.2 Å². The molecule has 0 unspecified atom stereocenters. The van der Waals surface area contributed by atoms with E-state index >= 15 is 0 Å². The number of fused-ring (bicyclic) bond motifs is 2. The van der Waals surface area contributed by atoms with Crippen molar-refractivity contribution in [3.8, 4) is 6.07 Å². The summed E-state index contributed by atoms with van der Waals surface area (Å²) in [4.78, 5) is 43.3. The summed E-state index contributed by atoms with van der Waals surface area (Å²) in [5.74, 6) is -6.97. The van der Waals surface area contributed by atoms with Gasteiger partial charge in [-0.1, -0.05) is 11.6 Å². The van der Waals surface area contributed by atoms with Crippen LogP contribution in [0.25, 0.3) is 10.9 Å². The number of hydrogen-bond acceptors (Lipinski definition) is 4. The van der Waals surface area contributed by atoms with Gasteiger partial charge in [-0.15, -0.1) is 0 Å². The fraction of sp³-hybridized carbons (Fsp3) is 0.538. The molecule has 0 bridgehead atoms. The molecular weight excluding hydrogens is 523 g/mol. The second kappa shape index (κ2) is 9.80. The molecule has 3 aliphatic rings. The largest absolute Gasteiger partial charge is 0.356 e. The minimum atomic E-state index is -2.97. The van der Waals surface area contributed by atoms with Gasteiger partial charge in [0.2, 0.25) is 17.7 Å². The lowest BCUT2D eigenvalue weighted by Crippen LogP contribution is -2.52. The molecule has 2 saturated heterocycles. The summed E-state index contributed by atoms with van der Waals surface area (Å²) < 4.78 is 43.2. The summed E-state index contributed by atoms with van der Waals surface area (Å²) in [7, 11) is 0. The molecule has 38 heavy (non-hydrogen) atoms. The second-order valence-electron chi connectivity index (χ2n) is 10.6. The lowest BCUT2D eigenvalue weighted by atomic mass is 9.90. The van der Waals surface area contributed by atoms with Crippen LogP contribution in [0.4, 0.5) is 13.2 Å². The summed E-state index contributed by atoms with van der Waals surface area (Å²) in [6.45, 7) is 2.10. The van der Waals surface area contributed by atoms with E-state index in [-0.39, 0.29) is 40.5 Å². The predicted octanol–water partition coefficient (Wildman–Crippen LogP) is 3.68. The number of nitrogens with zero attached hydrogens (tertiary/aromatic N) is 2. The number of piperidine rings is 1. The van der Waals surface area contributed by atoms with E-state index in [2.05, 4.69) is 15.6 Å². The van der Waals surface area contributed by atoms with Gasteiger partial charge >= 0.3 is 0 Å². The quantitative estimate of drug-likeness (QED) is 0.527. The number of rotatable bonds is 5. The molecule has 5 atom stereocenters. The van der Waals surface area contributed by atoms with Crippen molar-refractivity contribution in [2.24, 2.45) is 17.8 Å². The molecule has 12 heteroatoms. The molecule has 3 heterocycles. The molecule has 1 saturated carbocycles. The first-order chi connectivity index (χ1) is 18.0. The minimum absolute atomic E-state index is 0.0216. The summed E-state index contributed by atoms with van der Waals surface area (Å²) in [6.07, 6.45) is 0.387. The van der Waals surface area contributed by atoms with Crippen LogP contribution in [0.3, 0.4) is 0 Å². The lowest BCUT2D eigenvalue weighted by molar-refractivity contribution is -0.129. The van der Waals surface area contributed by atoms with Gasteiger partial charge in [0.05, 0.1) is 16.6 Å². The Kier molecular flexibility index (Phi) is 6.80. The number of likely N-dealkylation sites (tertiary alicyclic amines) is 1. The maximum atomic E-state index is 14.6. The number of halogens is 4. The smallest absolute Gasteiger partial charge is 0.271 e. The Morgan fingerprint density at radius 1 is 1.34 bits per heavy atom. The number of aromatic amines is 1. The maximum absolute atomic E-state index is 14.6. The number of benzene rings is 1. The van der Waals surface area contributed by atoms with Gasteiger partial charge in [0.25, 0.3) is 5.91 Å². The standard InChI is InChI=1S/C26H27ClF3N5O3/c1-12-5-18(28)16-7-19(34-21(16)20(12)27)25(38)35-11-14-8-26(29,30)9-17(14)22(35)24(37)33-15(10-31)6-13-3-2-4-32-23(13)36/h5,7,13-15,17,22,34H,2-4,6,8-9,11H2,1H3,(H,32,36)(H,33,37)/t13-,14-,15+,17-,22+/m0/s1. The third kappa shape index (κ3) is 4.70. The van der Waals surface area contributed by atoms with E-state index in [0.717, 1.165) is 6.42 Å². The molecule has 8 nitrogen and oxygen atoms in total. The number of aryl methyl sites for hydroxylation is 1. The number of carbonyl (C=O) groups is 3. The van der Waals surface area contributed by atoms with Crippen LogP contribution >= 0.6 is 11.6 Å². The topological polar surface area (TPSA) is 118 Å². The molecule has 3 amide bonds. The highest BCUT2D eigenvalue weighted by molar-refractivity contribution is 6.36. The number of amides is 3. The Balaban J connectivity index is 1.41. The van der Waals surface area contributed by atoms with Crippen molar-refractivity contribution in [3.63, 3.8) is 0 Å². The first-order valence-electron chi connectivity index (χ1n) is 12.6. The summed E-state index contributed by atoms with van der Waals surface area (Å²) in [6, 6.07) is 2.26. The summed E-state index contributed by atoms with van der Waals surface area (Å²) >= 11 is 6.30. The predicted molar refractivity (Wildman–Crippen MR) is 132 cm³/mol. The number of hydrogen-bond donors (Lipinski definition) is 3. The van der Waals surface area contributed by atoms with E-state index in [1.54, 1.807) is 6.92 Å². The highest BCUT2D eigenvalue weighted by Gasteiger charge is 2.58. The number of H-pyrrole nitrogens is 1. The van der Waals surface area contributed by atoms with Crippen LogP contribution in [0.15, 0.2) is 12.1 Å². The molecular formula is C26H27ClF3N5O3. The third-order valence-electron chi connectivity index (χ3n) is 8.01. The number of alkyl halides is 2. The zero-order chi connectivity index (χ0) is 27.4. The van der Waals surface area contributed by atoms with Crippen LogP contribution in [0, 0.1) is 41.8 Å². The zero-order valence-corrected chi connectivity index (χ0v) is 21.4. The maximum Gasteiger partial charge on any atom is 0.271 e. The van der Waals surface area contributed by atoms with Crippen molar-refractivity contribution in [3.05, 3.63) is 34.2 Å². The summed E-state index contributed by atoms with van der Waals surface area (Å²) in [5, 5.41) is 15.3. The van der Waals surface area contributed by atoms with Crippen molar-refractivity contribution >= 4 is 40.2 Å². The van der Waals surface area contributed by atoms with Crippen molar-refractivity contribution in [1.82, 2.24) is 20.5 Å². The summed E-state index contributed by atoms with van der Waals surface area (Å²) in [5.41, 5.74) is 0.684. The van der Waals surface area contributed by atoms with Crippen LogP contribution < -0.4 is 10.6 Å². The molecule has 2 aliphatic heterocycles. The van der Waals surface area contributed by atoms with Crippen molar-refractivity contribution in [2.75, 3.05) is 13.1 Å². The van der Waals surface area contributed by atoms with Crippen LogP contribution in [0.2, 0.25) is 5.02 Å². The van der Waals surface area contributed by atoms with Crippen LogP contribution in [0.5, 0.6) is 0 Å². The fourth-order valence-corrected chi connectivity index (χ4v) is 6.41. The molecule has 2 aromatic rings. The third-order valence-corrected chi connectivity index (χ3v) is 8.50. The molecule has 0 radical (unpaired) electrons. The van der Waals surface area contributed by atoms with Gasteiger partial charge in [0.15, 0.2) is 0 Å². The molecule has 1 aromatic heterocycles. The lowest BCUT2D eigenvalue weighted by Gasteiger charge is -2.29. The molecule has 3 N–H and O–H groups in total. The first-order valence-corrected chi connectivity index (χ1v) is 13.0. The monoisotopic (exact) mass is 549 g/mol. The van der Waals surface area contributed by atoms with Gasteiger partial charge in [-0.3, -0.25) is 14.4 Å². The van der Waals surface area contributed by atoms with E-state index in [9.17, 15) is 32.8 Å². The zero-order valence-electron chi connectivity index (χ0n) is 20.6. The van der Waals surface area contributed by atoms with Crippen molar-refractivity contribution < 1.29 is 27.6 Å². The highest BCUT2D eigenvalue weighted by atomic mass is 35.5. The normalized spacial score (nSPS) is 27.1. The minimum Gasteiger partial charge on any atom is -0.356 e. The van der Waals surface area contributed by atoms with Gasteiger partial charge in [0.1, 0.15) is 23.6 Å². The molecule has 3 fully saturated rings. The Bertz CT molecular complexity index is 1360. The van der Waals surface area contributed by atoms with Crippen LogP contribution in [-0.2, 0) is 9.59 Å². The van der Waals surface area contributed by atoms with Crippen molar-refractivity contribution in [2.45, 2.75) is 57.0 Å².